The molecule has 1 saturated heterocycles. The molecule has 0 bridgehead atoms. The summed E-state index contributed by atoms with van der Waals surface area (Å²) in [5.41, 5.74) is 1.39. The van der Waals surface area contributed by atoms with E-state index in [0.29, 0.717) is 29.2 Å². The van der Waals surface area contributed by atoms with Crippen LogP contribution in [-0.4, -0.2) is 61.8 Å². The fourth-order valence-corrected chi connectivity index (χ4v) is 3.48. The highest BCUT2D eigenvalue weighted by Gasteiger charge is 2.25. The predicted octanol–water partition coefficient (Wildman–Crippen LogP) is 3.03. The van der Waals surface area contributed by atoms with Crippen molar-refractivity contribution in [3.8, 4) is 11.8 Å². The molecule has 1 aliphatic heterocycles. The number of para-hydroxylation sites is 1. The molecule has 0 N–H and O–H groups in total. The van der Waals surface area contributed by atoms with Gasteiger partial charge in [0.1, 0.15) is 23.2 Å². The lowest BCUT2D eigenvalue weighted by molar-refractivity contribution is 0.0526. The number of anilines is 1. The second kappa shape index (κ2) is 10.6. The Morgan fingerprint density at radius 2 is 1.93 bits per heavy atom. The minimum Gasteiger partial charge on any atom is -0.494 e. The standard InChI is InChI=1S/C23H28N4O3/c1-3-29-23(28)21-16-19(17-24)18(2)25-22(21)27-13-11-26(12-14-27)10-7-15-30-20-8-5-4-6-9-20/h4-6,8-9,16H,3,7,10-15H2,1-2H3. The molecule has 7 nitrogen and oxygen atoms in total. The van der Waals surface area contributed by atoms with E-state index in [1.54, 1.807) is 19.9 Å². The number of esters is 1. The molecule has 2 aromatic rings. The minimum absolute atomic E-state index is 0.285. The van der Waals surface area contributed by atoms with E-state index >= 15 is 0 Å². The molecule has 1 aromatic carbocycles. The number of carbonyl (C=O) groups is 1. The van der Waals surface area contributed by atoms with Crippen molar-refractivity contribution in [2.24, 2.45) is 0 Å². The molecule has 0 radical (unpaired) electrons. The molecule has 0 aliphatic carbocycles. The number of aromatic nitrogens is 1. The highest BCUT2D eigenvalue weighted by atomic mass is 16.5. The second-order valence-corrected chi connectivity index (χ2v) is 7.17. The Morgan fingerprint density at radius 3 is 2.60 bits per heavy atom. The SMILES string of the molecule is CCOC(=O)c1cc(C#N)c(C)nc1N1CCN(CCCOc2ccccc2)CC1. The molecular formula is C23H28N4O3. The van der Waals surface area contributed by atoms with E-state index < -0.39 is 5.97 Å². The summed E-state index contributed by atoms with van der Waals surface area (Å²) in [5.74, 6) is 1.07. The third-order valence-corrected chi connectivity index (χ3v) is 5.11. The Hall–Kier alpha value is -3.11. The first-order valence-corrected chi connectivity index (χ1v) is 10.4. The van der Waals surface area contributed by atoms with Gasteiger partial charge >= 0.3 is 5.97 Å². The highest BCUT2D eigenvalue weighted by Crippen LogP contribution is 2.23. The largest absolute Gasteiger partial charge is 0.494 e. The normalized spacial score (nSPS) is 14.2. The maximum atomic E-state index is 12.4. The summed E-state index contributed by atoms with van der Waals surface area (Å²) in [4.78, 5) is 21.5. The van der Waals surface area contributed by atoms with Gasteiger partial charge in [-0.25, -0.2) is 9.78 Å². The number of benzene rings is 1. The molecule has 0 spiro atoms. The first-order valence-electron chi connectivity index (χ1n) is 10.4. The van der Waals surface area contributed by atoms with Gasteiger partial charge in [-0.1, -0.05) is 18.2 Å². The second-order valence-electron chi connectivity index (χ2n) is 7.17. The lowest BCUT2D eigenvalue weighted by Gasteiger charge is -2.36. The van der Waals surface area contributed by atoms with Crippen LogP contribution in [0.4, 0.5) is 5.82 Å². The number of hydrogen-bond acceptors (Lipinski definition) is 7. The van der Waals surface area contributed by atoms with E-state index in [4.69, 9.17) is 9.47 Å². The number of aryl methyl sites for hydroxylation is 1. The fourth-order valence-electron chi connectivity index (χ4n) is 3.48. The van der Waals surface area contributed by atoms with Gasteiger partial charge in [-0.3, -0.25) is 4.90 Å². The molecule has 0 amide bonds. The van der Waals surface area contributed by atoms with Gasteiger partial charge in [0.2, 0.25) is 0 Å². The summed E-state index contributed by atoms with van der Waals surface area (Å²) >= 11 is 0. The van der Waals surface area contributed by atoms with Crippen LogP contribution >= 0.6 is 0 Å². The minimum atomic E-state index is -0.433. The number of nitriles is 1. The summed E-state index contributed by atoms with van der Waals surface area (Å²) in [6, 6.07) is 13.5. The van der Waals surface area contributed by atoms with Crippen LogP contribution in [0.3, 0.4) is 0 Å². The van der Waals surface area contributed by atoms with Crippen LogP contribution in [0.15, 0.2) is 36.4 Å². The molecule has 2 heterocycles. The number of nitrogens with zero attached hydrogens (tertiary/aromatic N) is 4. The summed E-state index contributed by atoms with van der Waals surface area (Å²) in [7, 11) is 0. The maximum absolute atomic E-state index is 12.4. The molecular weight excluding hydrogens is 380 g/mol. The van der Waals surface area contributed by atoms with Crippen LogP contribution in [0.1, 0.15) is 35.0 Å². The van der Waals surface area contributed by atoms with Crippen LogP contribution in [-0.2, 0) is 4.74 Å². The van der Waals surface area contributed by atoms with Crippen molar-refractivity contribution >= 4 is 11.8 Å². The zero-order valence-electron chi connectivity index (χ0n) is 17.6. The Bertz CT molecular complexity index is 887. The third kappa shape index (κ3) is 5.49. The van der Waals surface area contributed by atoms with Crippen molar-refractivity contribution in [1.29, 1.82) is 5.26 Å². The van der Waals surface area contributed by atoms with Gasteiger partial charge in [-0.2, -0.15) is 5.26 Å². The van der Waals surface area contributed by atoms with Gasteiger partial charge in [0, 0.05) is 32.7 Å². The van der Waals surface area contributed by atoms with Gasteiger partial charge in [-0.15, -0.1) is 0 Å². The van der Waals surface area contributed by atoms with E-state index in [1.807, 2.05) is 30.3 Å². The highest BCUT2D eigenvalue weighted by molar-refractivity contribution is 5.95. The van der Waals surface area contributed by atoms with Gasteiger partial charge in [0.05, 0.1) is 24.5 Å². The Morgan fingerprint density at radius 1 is 1.20 bits per heavy atom. The first-order chi connectivity index (χ1) is 14.6. The van der Waals surface area contributed by atoms with E-state index in [-0.39, 0.29) is 6.61 Å². The number of pyridine rings is 1. The molecule has 1 aromatic heterocycles. The molecule has 158 valence electrons. The summed E-state index contributed by atoms with van der Waals surface area (Å²) in [5, 5.41) is 9.29. The quantitative estimate of drug-likeness (QED) is 0.491. The van der Waals surface area contributed by atoms with Crippen molar-refractivity contribution in [3.63, 3.8) is 0 Å². The van der Waals surface area contributed by atoms with Gasteiger partial charge in [0.15, 0.2) is 0 Å². The fraction of sp³-hybridized carbons (Fsp3) is 0.435. The predicted molar refractivity (Wildman–Crippen MR) is 115 cm³/mol. The Balaban J connectivity index is 1.56. The lowest BCUT2D eigenvalue weighted by Crippen LogP contribution is -2.47. The van der Waals surface area contributed by atoms with Gasteiger partial charge in [0.25, 0.3) is 0 Å². The first kappa shape index (κ1) is 21.6. The molecule has 7 heteroatoms. The summed E-state index contributed by atoms with van der Waals surface area (Å²) in [6.45, 7) is 8.80. The average molecular weight is 409 g/mol. The molecule has 0 atom stereocenters. The maximum Gasteiger partial charge on any atom is 0.341 e. The molecule has 0 unspecified atom stereocenters. The number of rotatable bonds is 8. The summed E-state index contributed by atoms with van der Waals surface area (Å²) < 4.78 is 10.9. The van der Waals surface area contributed by atoms with Gasteiger partial charge < -0.3 is 14.4 Å². The Kier molecular flexibility index (Phi) is 7.63. The van der Waals surface area contributed by atoms with E-state index in [2.05, 4.69) is 20.9 Å². The van der Waals surface area contributed by atoms with E-state index in [0.717, 1.165) is 44.9 Å². The zero-order valence-corrected chi connectivity index (χ0v) is 17.6. The van der Waals surface area contributed by atoms with E-state index in [1.165, 1.54) is 0 Å². The molecule has 0 saturated carbocycles. The lowest BCUT2D eigenvalue weighted by atomic mass is 10.1. The zero-order chi connectivity index (χ0) is 21.3. The van der Waals surface area contributed by atoms with Crippen LogP contribution in [0.25, 0.3) is 0 Å². The van der Waals surface area contributed by atoms with E-state index in [9.17, 15) is 10.1 Å². The Labute approximate surface area is 177 Å². The molecule has 1 fully saturated rings. The van der Waals surface area contributed by atoms with Crippen LogP contribution in [0.2, 0.25) is 0 Å². The number of piperazine rings is 1. The van der Waals surface area contributed by atoms with Crippen LogP contribution in [0, 0.1) is 18.3 Å². The van der Waals surface area contributed by atoms with Crippen molar-refractivity contribution < 1.29 is 14.3 Å². The van der Waals surface area contributed by atoms with Crippen molar-refractivity contribution in [3.05, 3.63) is 53.2 Å². The molecule has 3 rings (SSSR count). The average Bonchev–Trinajstić information content (AvgIpc) is 2.78. The van der Waals surface area contributed by atoms with Gasteiger partial charge in [-0.05, 0) is 38.5 Å². The number of carbonyl (C=O) groups excluding carboxylic acids is 1. The summed E-state index contributed by atoms with van der Waals surface area (Å²) in [6.07, 6.45) is 0.956. The monoisotopic (exact) mass is 408 g/mol. The van der Waals surface area contributed by atoms with Crippen molar-refractivity contribution in [2.45, 2.75) is 20.3 Å². The van der Waals surface area contributed by atoms with Crippen LogP contribution < -0.4 is 9.64 Å². The third-order valence-electron chi connectivity index (χ3n) is 5.11. The number of hydrogen-bond donors (Lipinski definition) is 0. The van der Waals surface area contributed by atoms with Crippen LogP contribution in [0.5, 0.6) is 5.75 Å². The van der Waals surface area contributed by atoms with Crippen molar-refractivity contribution in [2.75, 3.05) is 50.8 Å². The van der Waals surface area contributed by atoms with Crippen molar-refractivity contribution in [1.82, 2.24) is 9.88 Å². The number of ether oxygens (including phenoxy) is 2. The molecule has 30 heavy (non-hydrogen) atoms. The smallest absolute Gasteiger partial charge is 0.341 e. The molecule has 1 aliphatic rings. The topological polar surface area (TPSA) is 78.7 Å².